The van der Waals surface area contributed by atoms with Gasteiger partial charge in [0.15, 0.2) is 6.29 Å². The minimum atomic E-state index is -4.76. The number of carbonyl (C=O) groups is 2. The van der Waals surface area contributed by atoms with E-state index < -0.39 is 46.8 Å². The number of amides is 3. The number of ether oxygens (including phenoxy) is 3. The summed E-state index contributed by atoms with van der Waals surface area (Å²) < 4.78 is 93.5. The number of hydrogen-bond donors (Lipinski definition) is 1. The molecule has 7 aromatic rings. The number of nitrogens with zero attached hydrogens (tertiary/aromatic N) is 10. The number of carbonyl (C=O) groups excluding carboxylic acids is 2. The number of aryl methyl sites for hydroxylation is 1. The fourth-order valence-corrected chi connectivity index (χ4v) is 10.3. The van der Waals surface area contributed by atoms with E-state index in [1.807, 2.05) is 92.7 Å². The molecule has 3 aromatic heterocycles. The van der Waals surface area contributed by atoms with Crippen molar-refractivity contribution in [2.75, 3.05) is 60.6 Å². The van der Waals surface area contributed by atoms with Gasteiger partial charge in [-0.15, -0.1) is 0 Å². The van der Waals surface area contributed by atoms with Gasteiger partial charge in [-0.1, -0.05) is 36.4 Å². The average Bonchev–Trinajstić information content (AvgIpc) is 4.23. The summed E-state index contributed by atoms with van der Waals surface area (Å²) in [6.07, 6.45) is -0.0961. The van der Waals surface area contributed by atoms with Crippen LogP contribution < -0.4 is 25.2 Å². The Morgan fingerprint density at radius 3 is 2.19 bits per heavy atom. The van der Waals surface area contributed by atoms with Gasteiger partial charge in [-0.2, -0.15) is 23.4 Å². The van der Waals surface area contributed by atoms with Gasteiger partial charge in [0.1, 0.15) is 47.9 Å². The summed E-state index contributed by atoms with van der Waals surface area (Å²) in [7, 11) is 0. The zero-order valence-electron chi connectivity index (χ0n) is 40.4. The molecule has 74 heavy (non-hydrogen) atoms. The predicted molar refractivity (Wildman–Crippen MR) is 263 cm³/mol. The second-order valence-electron chi connectivity index (χ2n) is 18.8. The molecule has 10 rings (SSSR count). The van der Waals surface area contributed by atoms with E-state index in [2.05, 4.69) is 30.0 Å². The number of urea groups is 1. The lowest BCUT2D eigenvalue weighted by atomic mass is 9.84. The van der Waals surface area contributed by atoms with Gasteiger partial charge in [0.25, 0.3) is 0 Å². The standard InChI is InChI=1S/C53H52F5N11O5/c1-35(2)69-50(71)67(30-51(69,38-6-4-3-5-7-38)18-19-68-47(53(56,57)58)26-46(63-68)36-24-37(49(59)70)28-60-27-36)42-11-9-40(10-12-42)64-20-22-65(23-21-64)41-13-15-43(16-14-41)72-29-48-73-32-52(74-48,31-66-34-61-33-62-66)44-17-8-39(54)25-45(44)55/h3-17,24-28,33-35,48H,18-23,29-32H2,1-2H3,(H2,59,70)/t48-,51?,52+/m0/s1. The van der Waals surface area contributed by atoms with Gasteiger partial charge in [0.05, 0.1) is 36.5 Å². The van der Waals surface area contributed by atoms with Gasteiger partial charge >= 0.3 is 12.2 Å². The monoisotopic (exact) mass is 1020 g/mol. The van der Waals surface area contributed by atoms with Crippen molar-refractivity contribution in [3.8, 4) is 17.0 Å². The quantitative estimate of drug-likeness (QED) is 0.0929. The molecule has 3 amide bonds. The van der Waals surface area contributed by atoms with Crippen LogP contribution in [0.15, 0.2) is 134 Å². The highest BCUT2D eigenvalue weighted by Crippen LogP contribution is 2.44. The first-order valence-corrected chi connectivity index (χ1v) is 24.1. The van der Waals surface area contributed by atoms with Crippen LogP contribution in [0, 0.1) is 11.6 Å². The summed E-state index contributed by atoms with van der Waals surface area (Å²) in [5.41, 5.74) is 5.90. The Morgan fingerprint density at radius 2 is 1.55 bits per heavy atom. The highest BCUT2D eigenvalue weighted by molar-refractivity contribution is 5.96. The van der Waals surface area contributed by atoms with Gasteiger partial charge in [0.2, 0.25) is 5.91 Å². The lowest BCUT2D eigenvalue weighted by Crippen LogP contribution is -2.49. The maximum atomic E-state index is 15.1. The summed E-state index contributed by atoms with van der Waals surface area (Å²) >= 11 is 0. The van der Waals surface area contributed by atoms with Crippen LogP contribution in [0.4, 0.5) is 43.8 Å². The van der Waals surface area contributed by atoms with Crippen LogP contribution in [-0.4, -0.2) is 105 Å². The molecule has 2 N–H and O–H groups in total. The number of primary amides is 1. The van der Waals surface area contributed by atoms with Crippen molar-refractivity contribution in [3.63, 3.8) is 0 Å². The van der Waals surface area contributed by atoms with Crippen molar-refractivity contribution < 1.29 is 45.8 Å². The van der Waals surface area contributed by atoms with Crippen LogP contribution >= 0.6 is 0 Å². The fraction of sp³-hybridized carbons (Fsp3) is 0.321. The SMILES string of the molecule is CC(C)N1C(=O)N(c2ccc(N3CCN(c4ccc(OC[C@H]5OC[C@](Cn6cncn6)(c6ccc(F)cc6F)O5)cc4)CC3)cc2)CC1(CCn1nc(-c2cncc(C(N)=O)c2)cc1C(F)(F)F)c1ccccc1. The fourth-order valence-electron chi connectivity index (χ4n) is 10.3. The molecule has 3 aliphatic heterocycles. The maximum Gasteiger partial charge on any atom is 0.433 e. The number of halogens is 5. The first-order valence-electron chi connectivity index (χ1n) is 24.1. The number of hydrogen-bond acceptors (Lipinski definition) is 11. The van der Waals surface area contributed by atoms with Crippen LogP contribution in [0.1, 0.15) is 47.4 Å². The van der Waals surface area contributed by atoms with Crippen molar-refractivity contribution in [1.82, 2.24) is 34.4 Å². The Balaban J connectivity index is 0.785. The lowest BCUT2D eigenvalue weighted by molar-refractivity contribution is -0.144. The topological polar surface area (TPSA) is 162 Å². The largest absolute Gasteiger partial charge is 0.488 e. The van der Waals surface area contributed by atoms with Crippen molar-refractivity contribution in [2.45, 2.75) is 63.0 Å². The molecule has 0 radical (unpaired) electrons. The minimum absolute atomic E-state index is 0.0160. The molecule has 3 aliphatic rings. The van der Waals surface area contributed by atoms with E-state index in [-0.39, 0.29) is 73.7 Å². The third-order valence-electron chi connectivity index (χ3n) is 13.8. The highest BCUT2D eigenvalue weighted by atomic mass is 19.4. The number of pyridine rings is 1. The van der Waals surface area contributed by atoms with E-state index in [0.29, 0.717) is 11.4 Å². The maximum absolute atomic E-state index is 15.1. The van der Waals surface area contributed by atoms with Crippen molar-refractivity contribution in [3.05, 3.63) is 168 Å². The minimum Gasteiger partial charge on any atom is -0.488 e. The van der Waals surface area contributed by atoms with E-state index in [9.17, 15) is 27.2 Å². The number of aromatic nitrogens is 6. The van der Waals surface area contributed by atoms with Crippen LogP contribution in [0.3, 0.4) is 0 Å². The Hall–Kier alpha value is -7.91. The number of nitrogens with two attached hydrogens (primary N) is 1. The Morgan fingerprint density at radius 1 is 0.865 bits per heavy atom. The first kappa shape index (κ1) is 49.7. The Bertz CT molecular complexity index is 3100. The molecular weight excluding hydrogens is 966 g/mol. The van der Waals surface area contributed by atoms with E-state index in [1.54, 1.807) is 9.80 Å². The second-order valence-corrected chi connectivity index (χ2v) is 18.8. The van der Waals surface area contributed by atoms with Crippen molar-refractivity contribution in [2.24, 2.45) is 5.73 Å². The van der Waals surface area contributed by atoms with E-state index in [1.165, 1.54) is 47.9 Å². The molecule has 1 unspecified atom stereocenters. The van der Waals surface area contributed by atoms with E-state index in [4.69, 9.17) is 19.9 Å². The summed E-state index contributed by atoms with van der Waals surface area (Å²) in [4.78, 5) is 42.4. The molecule has 16 nitrogen and oxygen atoms in total. The second kappa shape index (κ2) is 20.2. The number of anilines is 3. The molecule has 4 aromatic carbocycles. The van der Waals surface area contributed by atoms with Gasteiger partial charge in [-0.3, -0.25) is 19.4 Å². The number of alkyl halides is 3. The van der Waals surface area contributed by atoms with Gasteiger partial charge in [-0.05, 0) is 92.6 Å². The first-order chi connectivity index (χ1) is 35.6. The normalized spacial score (nSPS) is 20.3. The molecule has 3 saturated heterocycles. The molecule has 0 saturated carbocycles. The number of piperazine rings is 1. The van der Waals surface area contributed by atoms with Gasteiger partial charge in [-0.25, -0.2) is 23.2 Å². The summed E-state index contributed by atoms with van der Waals surface area (Å²) in [5.74, 6) is -1.65. The van der Waals surface area contributed by atoms with Crippen LogP contribution in [0.2, 0.25) is 0 Å². The molecule has 0 spiro atoms. The molecule has 3 fully saturated rings. The molecule has 6 heterocycles. The molecule has 3 atom stereocenters. The Labute approximate surface area is 422 Å². The van der Waals surface area contributed by atoms with E-state index in [0.717, 1.165) is 59.9 Å². The van der Waals surface area contributed by atoms with Crippen LogP contribution in [-0.2, 0) is 39.9 Å². The number of rotatable bonds is 16. The smallest absolute Gasteiger partial charge is 0.433 e. The number of benzene rings is 4. The molecule has 21 heteroatoms. The van der Waals surface area contributed by atoms with Crippen LogP contribution in [0.5, 0.6) is 5.75 Å². The molecule has 0 bridgehead atoms. The highest BCUT2D eigenvalue weighted by Gasteiger charge is 2.52. The zero-order chi connectivity index (χ0) is 51.8. The van der Waals surface area contributed by atoms with Gasteiger partial charge < -0.3 is 34.6 Å². The average molecular weight is 1020 g/mol. The van der Waals surface area contributed by atoms with Gasteiger partial charge in [0, 0.05) is 85.4 Å². The molecule has 0 aliphatic carbocycles. The van der Waals surface area contributed by atoms with E-state index >= 15 is 4.39 Å². The predicted octanol–water partition coefficient (Wildman–Crippen LogP) is 8.24. The van der Waals surface area contributed by atoms with Crippen LogP contribution in [0.25, 0.3) is 11.3 Å². The summed E-state index contributed by atoms with van der Waals surface area (Å²) in [5, 5.41) is 8.51. The summed E-state index contributed by atoms with van der Waals surface area (Å²) in [6, 6.07) is 29.9. The zero-order valence-corrected chi connectivity index (χ0v) is 40.4. The van der Waals surface area contributed by atoms with Crippen molar-refractivity contribution >= 4 is 29.0 Å². The lowest BCUT2D eigenvalue weighted by Gasteiger charge is -2.40. The van der Waals surface area contributed by atoms with Crippen molar-refractivity contribution in [1.29, 1.82) is 0 Å². The molecular formula is C53H52F5N11O5. The third kappa shape index (κ3) is 9.95. The molecule has 384 valence electrons. The Kier molecular flexibility index (Phi) is 13.5. The third-order valence-corrected chi connectivity index (χ3v) is 13.8. The summed E-state index contributed by atoms with van der Waals surface area (Å²) in [6.45, 7) is 6.78.